The van der Waals surface area contributed by atoms with Gasteiger partial charge in [-0.1, -0.05) is 24.8 Å². The van der Waals surface area contributed by atoms with Crippen LogP contribution in [0.2, 0.25) is 0 Å². The highest BCUT2D eigenvalue weighted by Gasteiger charge is 2.24. The van der Waals surface area contributed by atoms with Gasteiger partial charge in [0.2, 0.25) is 0 Å². The maximum absolute atomic E-state index is 11.6. The number of imide groups is 1. The average Bonchev–Trinajstić information content (AvgIpc) is 2.88. The second-order valence-corrected chi connectivity index (χ2v) is 4.71. The lowest BCUT2D eigenvalue weighted by atomic mass is 10.2. The van der Waals surface area contributed by atoms with Crippen molar-refractivity contribution in [2.45, 2.75) is 0 Å². The van der Waals surface area contributed by atoms with Crippen molar-refractivity contribution < 1.29 is 14.3 Å². The number of anilines is 1. The van der Waals surface area contributed by atoms with Crippen molar-refractivity contribution in [1.29, 1.82) is 0 Å². The summed E-state index contributed by atoms with van der Waals surface area (Å²) in [6.07, 6.45) is 4.28. The number of nitrogens with zero attached hydrogens (tertiary/aromatic N) is 1. The molecule has 0 spiro atoms. The van der Waals surface area contributed by atoms with Crippen molar-refractivity contribution in [1.82, 2.24) is 0 Å². The van der Waals surface area contributed by atoms with E-state index in [1.807, 2.05) is 24.3 Å². The van der Waals surface area contributed by atoms with Crippen LogP contribution in [0.4, 0.5) is 5.69 Å². The monoisotopic (exact) mass is 291 g/mol. The number of carbonyl (C=O) groups is 2. The molecule has 0 radical (unpaired) electrons. The predicted molar refractivity (Wildman–Crippen MR) is 84.7 cm³/mol. The van der Waals surface area contributed by atoms with E-state index in [0.717, 1.165) is 10.5 Å². The molecule has 0 N–H and O–H groups in total. The van der Waals surface area contributed by atoms with Crippen molar-refractivity contribution in [3.63, 3.8) is 0 Å². The van der Waals surface area contributed by atoms with Gasteiger partial charge in [0, 0.05) is 12.2 Å². The molecule has 0 fully saturated rings. The zero-order valence-electron chi connectivity index (χ0n) is 11.7. The minimum atomic E-state index is -0.335. The molecular formula is C18H13NO3. The summed E-state index contributed by atoms with van der Waals surface area (Å²) in [4.78, 5) is 24.3. The van der Waals surface area contributed by atoms with Crippen LogP contribution in [-0.4, -0.2) is 11.8 Å². The van der Waals surface area contributed by atoms with E-state index >= 15 is 0 Å². The number of benzene rings is 2. The fourth-order valence-electron chi connectivity index (χ4n) is 2.13. The number of amides is 2. The molecule has 0 aromatic heterocycles. The lowest BCUT2D eigenvalue weighted by molar-refractivity contribution is -0.119. The summed E-state index contributed by atoms with van der Waals surface area (Å²) in [5.41, 5.74) is 1.54. The van der Waals surface area contributed by atoms with Gasteiger partial charge in [0.25, 0.3) is 11.8 Å². The molecule has 108 valence electrons. The van der Waals surface area contributed by atoms with E-state index in [1.165, 1.54) is 12.2 Å². The van der Waals surface area contributed by atoms with E-state index in [4.69, 9.17) is 4.74 Å². The summed E-state index contributed by atoms with van der Waals surface area (Å²) in [6.45, 7) is 3.70. The second-order valence-electron chi connectivity index (χ2n) is 4.71. The molecule has 0 unspecified atom stereocenters. The highest BCUT2D eigenvalue weighted by Crippen LogP contribution is 2.26. The topological polar surface area (TPSA) is 46.6 Å². The summed E-state index contributed by atoms with van der Waals surface area (Å²) in [7, 11) is 0. The van der Waals surface area contributed by atoms with Crippen molar-refractivity contribution in [2.24, 2.45) is 0 Å². The summed E-state index contributed by atoms with van der Waals surface area (Å²) >= 11 is 0. The lowest BCUT2D eigenvalue weighted by Crippen LogP contribution is -2.29. The van der Waals surface area contributed by atoms with Crippen LogP contribution >= 0.6 is 0 Å². The van der Waals surface area contributed by atoms with Crippen molar-refractivity contribution in [2.75, 3.05) is 4.90 Å². The smallest absolute Gasteiger partial charge is 0.258 e. The summed E-state index contributed by atoms with van der Waals surface area (Å²) in [5.74, 6) is 0.660. The minimum Gasteiger partial charge on any atom is -0.457 e. The van der Waals surface area contributed by atoms with Crippen LogP contribution in [0.1, 0.15) is 5.56 Å². The molecule has 0 aliphatic carbocycles. The Bertz CT molecular complexity index is 740. The zero-order valence-corrected chi connectivity index (χ0v) is 11.7. The Kier molecular flexibility index (Phi) is 3.58. The van der Waals surface area contributed by atoms with Gasteiger partial charge in [-0.2, -0.15) is 0 Å². The molecule has 0 atom stereocenters. The van der Waals surface area contributed by atoms with Gasteiger partial charge in [-0.3, -0.25) is 9.59 Å². The summed E-state index contributed by atoms with van der Waals surface area (Å²) < 4.78 is 5.71. The van der Waals surface area contributed by atoms with E-state index < -0.39 is 0 Å². The molecule has 1 heterocycles. The highest BCUT2D eigenvalue weighted by molar-refractivity contribution is 6.28. The number of ether oxygens (including phenoxy) is 1. The maximum Gasteiger partial charge on any atom is 0.258 e. The van der Waals surface area contributed by atoms with Crippen LogP contribution in [0.25, 0.3) is 6.08 Å². The molecule has 4 nitrogen and oxygen atoms in total. The Morgan fingerprint density at radius 2 is 1.32 bits per heavy atom. The first-order chi connectivity index (χ1) is 10.7. The first-order valence-electron chi connectivity index (χ1n) is 6.74. The molecule has 2 aromatic rings. The van der Waals surface area contributed by atoms with Crippen LogP contribution < -0.4 is 9.64 Å². The van der Waals surface area contributed by atoms with Crippen molar-refractivity contribution >= 4 is 23.6 Å². The Balaban J connectivity index is 1.75. The van der Waals surface area contributed by atoms with E-state index in [2.05, 4.69) is 6.58 Å². The molecule has 2 aromatic carbocycles. The third kappa shape index (κ3) is 2.67. The van der Waals surface area contributed by atoms with Gasteiger partial charge in [-0.25, -0.2) is 4.90 Å². The molecule has 3 rings (SSSR count). The summed E-state index contributed by atoms with van der Waals surface area (Å²) in [6, 6.07) is 14.3. The predicted octanol–water partition coefficient (Wildman–Crippen LogP) is 3.55. The van der Waals surface area contributed by atoms with E-state index in [0.29, 0.717) is 17.2 Å². The van der Waals surface area contributed by atoms with Gasteiger partial charge in [0.05, 0.1) is 5.69 Å². The first-order valence-corrected chi connectivity index (χ1v) is 6.74. The Morgan fingerprint density at radius 3 is 1.82 bits per heavy atom. The molecule has 1 aliphatic rings. The summed E-state index contributed by atoms with van der Waals surface area (Å²) in [5, 5.41) is 0. The molecule has 1 aliphatic heterocycles. The largest absolute Gasteiger partial charge is 0.457 e. The van der Waals surface area contributed by atoms with Gasteiger partial charge < -0.3 is 4.74 Å². The molecule has 0 saturated carbocycles. The van der Waals surface area contributed by atoms with E-state index in [9.17, 15) is 9.59 Å². The lowest BCUT2D eigenvalue weighted by Gasteiger charge is -2.14. The van der Waals surface area contributed by atoms with Crippen LogP contribution in [0, 0.1) is 0 Å². The quantitative estimate of drug-likeness (QED) is 0.809. The van der Waals surface area contributed by atoms with Crippen molar-refractivity contribution in [3.8, 4) is 11.5 Å². The average molecular weight is 291 g/mol. The molecule has 2 amide bonds. The standard InChI is InChI=1S/C18H13NO3/c1-2-13-3-7-15(8-4-13)22-16-9-5-14(6-10-16)19-17(20)11-12-18(19)21/h2-12H,1H2. The number of hydrogen-bond acceptors (Lipinski definition) is 3. The molecule has 0 bridgehead atoms. The number of carbonyl (C=O) groups excluding carboxylic acids is 2. The SMILES string of the molecule is C=Cc1ccc(Oc2ccc(N3C(=O)C=CC3=O)cc2)cc1. The van der Waals surface area contributed by atoms with E-state index in [1.54, 1.807) is 30.3 Å². The van der Waals surface area contributed by atoms with Crippen LogP contribution in [-0.2, 0) is 9.59 Å². The van der Waals surface area contributed by atoms with Crippen LogP contribution in [0.5, 0.6) is 11.5 Å². The maximum atomic E-state index is 11.6. The molecule has 4 heteroatoms. The van der Waals surface area contributed by atoms with Crippen LogP contribution in [0.15, 0.2) is 67.3 Å². The fraction of sp³-hybridized carbons (Fsp3) is 0. The van der Waals surface area contributed by atoms with Gasteiger partial charge in [-0.15, -0.1) is 0 Å². The molecule has 22 heavy (non-hydrogen) atoms. The number of rotatable bonds is 4. The van der Waals surface area contributed by atoms with Gasteiger partial charge in [0.15, 0.2) is 0 Å². The van der Waals surface area contributed by atoms with Gasteiger partial charge in [0.1, 0.15) is 11.5 Å². The number of hydrogen-bond donors (Lipinski definition) is 0. The second kappa shape index (κ2) is 5.69. The third-order valence-electron chi connectivity index (χ3n) is 3.26. The van der Waals surface area contributed by atoms with Gasteiger partial charge in [-0.05, 0) is 42.0 Å². The fourth-order valence-corrected chi connectivity index (χ4v) is 2.13. The van der Waals surface area contributed by atoms with Gasteiger partial charge >= 0.3 is 0 Å². The van der Waals surface area contributed by atoms with Crippen LogP contribution in [0.3, 0.4) is 0 Å². The highest BCUT2D eigenvalue weighted by atomic mass is 16.5. The van der Waals surface area contributed by atoms with Crippen molar-refractivity contribution in [3.05, 3.63) is 72.8 Å². The minimum absolute atomic E-state index is 0.335. The normalized spacial score (nSPS) is 13.5. The van der Waals surface area contributed by atoms with E-state index in [-0.39, 0.29) is 11.8 Å². The Morgan fingerprint density at radius 1 is 0.818 bits per heavy atom. The molecular weight excluding hydrogens is 278 g/mol. The molecule has 0 saturated heterocycles. The Hall–Kier alpha value is -3.14. The Labute approximate surface area is 127 Å². The third-order valence-corrected chi connectivity index (χ3v) is 3.26. The first kappa shape index (κ1) is 13.8. The zero-order chi connectivity index (χ0) is 15.5.